The number of amides is 1. The Labute approximate surface area is 81.2 Å². The first-order valence-electron chi connectivity index (χ1n) is 3.90. The molecule has 0 saturated heterocycles. The van der Waals surface area contributed by atoms with Crippen LogP contribution < -0.4 is 5.32 Å². The quantitative estimate of drug-likeness (QED) is 0.560. The zero-order chi connectivity index (χ0) is 10.1. The van der Waals surface area contributed by atoms with Gasteiger partial charge in [0.2, 0.25) is 0 Å². The van der Waals surface area contributed by atoms with E-state index in [-0.39, 0.29) is 5.88 Å². The number of hydrogen-bond donors (Lipinski definition) is 1. The van der Waals surface area contributed by atoms with E-state index >= 15 is 0 Å². The second-order valence-corrected chi connectivity index (χ2v) is 2.78. The van der Waals surface area contributed by atoms with Crippen molar-refractivity contribution in [1.29, 1.82) is 0 Å². The van der Waals surface area contributed by atoms with Gasteiger partial charge in [0.15, 0.2) is 0 Å². The monoisotopic (exact) mass is 207 g/mol. The highest BCUT2D eigenvalue weighted by Crippen LogP contribution is 2.02. The number of rotatable bonds is 4. The van der Waals surface area contributed by atoms with Crippen molar-refractivity contribution in [2.45, 2.75) is 13.8 Å². The third kappa shape index (κ3) is 7.45. The smallest absolute Gasteiger partial charge is 0.407 e. The molecular formula is C7H13NO4S. The summed E-state index contributed by atoms with van der Waals surface area (Å²) in [6.45, 7) is 4.08. The van der Waals surface area contributed by atoms with Crippen LogP contribution in [-0.2, 0) is 9.47 Å². The van der Waals surface area contributed by atoms with E-state index in [4.69, 9.17) is 0 Å². The second kappa shape index (κ2) is 7.72. The van der Waals surface area contributed by atoms with Crippen molar-refractivity contribution in [3.63, 3.8) is 0 Å². The van der Waals surface area contributed by atoms with Gasteiger partial charge in [-0.05, 0) is 25.6 Å². The highest BCUT2D eigenvalue weighted by Gasteiger charge is 2.04. The van der Waals surface area contributed by atoms with Crippen LogP contribution in [0.3, 0.4) is 0 Å². The Hall–Kier alpha value is -0.910. The molecule has 0 aliphatic heterocycles. The van der Waals surface area contributed by atoms with Crippen LogP contribution in [0.4, 0.5) is 9.59 Å². The predicted molar refractivity (Wildman–Crippen MR) is 49.6 cm³/mol. The van der Waals surface area contributed by atoms with Gasteiger partial charge in [0, 0.05) is 0 Å². The van der Waals surface area contributed by atoms with E-state index < -0.39 is 11.4 Å². The van der Waals surface area contributed by atoms with E-state index in [2.05, 4.69) is 14.8 Å². The molecule has 0 atom stereocenters. The third-order valence-electron chi connectivity index (χ3n) is 0.944. The fourth-order valence-corrected chi connectivity index (χ4v) is 1.00. The Morgan fingerprint density at radius 3 is 2.38 bits per heavy atom. The molecule has 5 nitrogen and oxygen atoms in total. The van der Waals surface area contributed by atoms with Crippen LogP contribution in [0.25, 0.3) is 0 Å². The third-order valence-corrected chi connectivity index (χ3v) is 1.59. The highest BCUT2D eigenvalue weighted by molar-refractivity contribution is 8.13. The van der Waals surface area contributed by atoms with E-state index in [0.29, 0.717) is 13.2 Å². The minimum atomic E-state index is -0.528. The van der Waals surface area contributed by atoms with Gasteiger partial charge in [-0.25, -0.2) is 9.59 Å². The Bertz CT molecular complexity index is 156. The minimum Gasteiger partial charge on any atom is -0.458 e. The molecule has 0 aromatic heterocycles. The fourth-order valence-electron chi connectivity index (χ4n) is 0.496. The van der Waals surface area contributed by atoms with Crippen LogP contribution in [0.1, 0.15) is 13.8 Å². The van der Waals surface area contributed by atoms with Crippen LogP contribution in [0.15, 0.2) is 0 Å². The van der Waals surface area contributed by atoms with Gasteiger partial charge >= 0.3 is 11.4 Å². The summed E-state index contributed by atoms with van der Waals surface area (Å²) in [4.78, 5) is 21.4. The number of nitrogens with one attached hydrogen (secondary N) is 1. The summed E-state index contributed by atoms with van der Waals surface area (Å²) >= 11 is 0.882. The van der Waals surface area contributed by atoms with Crippen molar-refractivity contribution < 1.29 is 19.1 Å². The molecule has 0 aliphatic carbocycles. The molecule has 0 saturated carbocycles. The number of hydrogen-bond acceptors (Lipinski definition) is 5. The maximum Gasteiger partial charge on any atom is 0.407 e. The van der Waals surface area contributed by atoms with Crippen molar-refractivity contribution in [1.82, 2.24) is 5.32 Å². The molecule has 0 spiro atoms. The normalized spacial score (nSPS) is 9.08. The highest BCUT2D eigenvalue weighted by atomic mass is 32.2. The lowest BCUT2D eigenvalue weighted by Crippen LogP contribution is -2.24. The number of ether oxygens (including phenoxy) is 2. The van der Waals surface area contributed by atoms with E-state index in [1.807, 2.05) is 0 Å². The van der Waals surface area contributed by atoms with E-state index in [1.165, 1.54) is 0 Å². The molecule has 0 radical (unpaired) electrons. The van der Waals surface area contributed by atoms with Crippen LogP contribution >= 0.6 is 11.8 Å². The van der Waals surface area contributed by atoms with Crippen molar-refractivity contribution >= 4 is 23.2 Å². The van der Waals surface area contributed by atoms with Gasteiger partial charge in [0.05, 0.1) is 19.1 Å². The minimum absolute atomic E-state index is 0.164. The van der Waals surface area contributed by atoms with Crippen LogP contribution in [0.2, 0.25) is 0 Å². The number of carbonyl (C=O) groups excluding carboxylic acids is 2. The summed E-state index contributed by atoms with van der Waals surface area (Å²) in [5, 5.41) is 1.97. The van der Waals surface area contributed by atoms with Crippen molar-refractivity contribution in [3.8, 4) is 0 Å². The first-order valence-corrected chi connectivity index (χ1v) is 4.89. The summed E-state index contributed by atoms with van der Waals surface area (Å²) in [5.74, 6) is 0.164. The lowest BCUT2D eigenvalue weighted by molar-refractivity contribution is 0.154. The van der Waals surface area contributed by atoms with Crippen molar-refractivity contribution in [2.24, 2.45) is 0 Å². The predicted octanol–water partition coefficient (Wildman–Crippen LogP) is 1.58. The Kier molecular flexibility index (Phi) is 7.18. The average Bonchev–Trinajstić information content (AvgIpc) is 2.05. The van der Waals surface area contributed by atoms with E-state index in [1.54, 1.807) is 13.8 Å². The topological polar surface area (TPSA) is 64.6 Å². The molecule has 0 aliphatic rings. The molecule has 0 unspecified atom stereocenters. The van der Waals surface area contributed by atoms with Crippen molar-refractivity contribution in [2.75, 3.05) is 19.1 Å². The molecule has 0 heterocycles. The first-order chi connectivity index (χ1) is 6.20. The van der Waals surface area contributed by atoms with Crippen molar-refractivity contribution in [3.05, 3.63) is 0 Å². The molecule has 6 heteroatoms. The molecule has 0 aromatic carbocycles. The van der Waals surface area contributed by atoms with E-state index in [9.17, 15) is 9.59 Å². The number of thioether (sulfide) groups is 1. The molecular weight excluding hydrogens is 194 g/mol. The summed E-state index contributed by atoms with van der Waals surface area (Å²) in [7, 11) is 0. The molecule has 0 aromatic rings. The van der Waals surface area contributed by atoms with Gasteiger partial charge in [0.1, 0.15) is 0 Å². The summed E-state index contributed by atoms with van der Waals surface area (Å²) in [6, 6.07) is 0. The molecule has 76 valence electrons. The van der Waals surface area contributed by atoms with Gasteiger partial charge in [-0.2, -0.15) is 0 Å². The van der Waals surface area contributed by atoms with Gasteiger partial charge in [-0.1, -0.05) is 0 Å². The van der Waals surface area contributed by atoms with Crippen LogP contribution in [-0.4, -0.2) is 30.5 Å². The van der Waals surface area contributed by atoms with Gasteiger partial charge in [-0.15, -0.1) is 0 Å². The lowest BCUT2D eigenvalue weighted by Gasteiger charge is -2.03. The van der Waals surface area contributed by atoms with Gasteiger partial charge in [-0.3, -0.25) is 0 Å². The molecule has 1 amide bonds. The first kappa shape index (κ1) is 12.1. The number of carbonyl (C=O) groups is 2. The second-order valence-electron chi connectivity index (χ2n) is 1.87. The largest absolute Gasteiger partial charge is 0.458 e. The van der Waals surface area contributed by atoms with E-state index in [0.717, 1.165) is 11.8 Å². The Morgan fingerprint density at radius 2 is 1.85 bits per heavy atom. The molecule has 0 rings (SSSR count). The zero-order valence-corrected chi connectivity index (χ0v) is 8.48. The molecule has 1 N–H and O–H groups in total. The maximum absolute atomic E-state index is 10.7. The Balaban J connectivity index is 3.33. The molecule has 0 fully saturated rings. The molecule has 0 bridgehead atoms. The maximum atomic E-state index is 10.7. The average molecular weight is 207 g/mol. The van der Waals surface area contributed by atoms with Crippen LogP contribution in [0, 0.1) is 0 Å². The lowest BCUT2D eigenvalue weighted by atomic mass is 10.9. The van der Waals surface area contributed by atoms with Crippen LogP contribution in [0.5, 0.6) is 0 Å². The van der Waals surface area contributed by atoms with Gasteiger partial charge in [0.25, 0.3) is 0 Å². The Morgan fingerprint density at radius 1 is 1.23 bits per heavy atom. The standard InChI is InChI=1S/C7H13NO4S/c1-3-11-6(9)8-5-13-7(10)12-4-2/h3-5H2,1-2H3,(H,8,9). The summed E-state index contributed by atoms with van der Waals surface area (Å²) in [6.07, 6.45) is -0.528. The fraction of sp³-hybridized carbons (Fsp3) is 0.714. The molecule has 13 heavy (non-hydrogen) atoms. The zero-order valence-electron chi connectivity index (χ0n) is 7.66. The van der Waals surface area contributed by atoms with Gasteiger partial charge < -0.3 is 14.8 Å². The summed E-state index contributed by atoms with van der Waals surface area (Å²) < 4.78 is 9.18. The number of alkyl carbamates (subject to hydrolysis) is 1. The summed E-state index contributed by atoms with van der Waals surface area (Å²) in [5.41, 5.74) is 0. The SMILES string of the molecule is CCOC(=O)NCSC(=O)OCC.